The molecule has 0 N–H and O–H groups in total. The molecule has 1 heterocycles. The lowest BCUT2D eigenvalue weighted by Crippen LogP contribution is -2.18. The predicted octanol–water partition coefficient (Wildman–Crippen LogP) is 4.14. The summed E-state index contributed by atoms with van der Waals surface area (Å²) in [5.41, 5.74) is 2.36. The molecule has 0 amide bonds. The molecule has 2 aliphatic rings. The molecular weight excluding hydrogens is 244 g/mol. The number of hydrogen-bond donors (Lipinski definition) is 0. The van der Waals surface area contributed by atoms with Gasteiger partial charge in [-0.1, -0.05) is 18.6 Å². The van der Waals surface area contributed by atoms with E-state index < -0.39 is 0 Å². The Morgan fingerprint density at radius 1 is 1.22 bits per heavy atom. The van der Waals surface area contributed by atoms with Crippen LogP contribution in [0.15, 0.2) is 24.3 Å². The third-order valence-corrected chi connectivity index (χ3v) is 5.06. The van der Waals surface area contributed by atoms with Crippen LogP contribution in [-0.4, -0.2) is 9.55 Å². The van der Waals surface area contributed by atoms with Gasteiger partial charge >= 0.3 is 0 Å². The van der Waals surface area contributed by atoms with E-state index in [-0.39, 0.29) is 0 Å². The van der Waals surface area contributed by atoms with Gasteiger partial charge < -0.3 is 4.57 Å². The number of aromatic nitrogens is 2. The average Bonchev–Trinajstić information content (AvgIpc) is 3.10. The minimum Gasteiger partial charge on any atom is -0.324 e. The Balaban J connectivity index is 1.88. The highest BCUT2D eigenvalue weighted by atomic mass is 35.5. The summed E-state index contributed by atoms with van der Waals surface area (Å²) in [6.07, 6.45) is 5.57. The second kappa shape index (κ2) is 3.99. The van der Waals surface area contributed by atoms with Crippen molar-refractivity contribution in [2.75, 3.05) is 0 Å². The van der Waals surface area contributed by atoms with Crippen molar-refractivity contribution in [3.63, 3.8) is 0 Å². The molecule has 2 bridgehead atoms. The van der Waals surface area contributed by atoms with Gasteiger partial charge in [-0.2, -0.15) is 0 Å². The highest BCUT2D eigenvalue weighted by Crippen LogP contribution is 2.51. The Hall–Kier alpha value is -1.02. The standard InChI is InChI=1S/C15H17ClN2/c16-9-15-17-12-3-1-2-4-13(12)18(15)14-8-10-5-6-11(14)7-10/h1-4,10-11,14H,5-9H2. The van der Waals surface area contributed by atoms with Gasteiger partial charge in [-0.15, -0.1) is 11.6 Å². The summed E-state index contributed by atoms with van der Waals surface area (Å²) >= 11 is 6.10. The zero-order valence-corrected chi connectivity index (χ0v) is 11.1. The minimum absolute atomic E-state index is 0.516. The molecule has 94 valence electrons. The summed E-state index contributed by atoms with van der Waals surface area (Å²) in [6.45, 7) is 0. The first-order valence-electron chi connectivity index (χ1n) is 6.88. The van der Waals surface area contributed by atoms with Gasteiger partial charge in [0.2, 0.25) is 0 Å². The second-order valence-electron chi connectivity index (χ2n) is 5.76. The number of imidazole rings is 1. The highest BCUT2D eigenvalue weighted by molar-refractivity contribution is 6.16. The zero-order valence-electron chi connectivity index (χ0n) is 10.3. The van der Waals surface area contributed by atoms with Crippen molar-refractivity contribution >= 4 is 22.6 Å². The number of halogens is 1. The first-order valence-corrected chi connectivity index (χ1v) is 7.42. The largest absolute Gasteiger partial charge is 0.324 e. The summed E-state index contributed by atoms with van der Waals surface area (Å²) in [5, 5.41) is 0. The molecule has 0 aliphatic heterocycles. The summed E-state index contributed by atoms with van der Waals surface area (Å²) in [5.74, 6) is 3.37. The maximum absolute atomic E-state index is 6.10. The molecule has 2 saturated carbocycles. The lowest BCUT2D eigenvalue weighted by Gasteiger charge is -2.25. The smallest absolute Gasteiger partial charge is 0.125 e. The van der Waals surface area contributed by atoms with Crippen LogP contribution in [0.4, 0.5) is 0 Å². The van der Waals surface area contributed by atoms with Crippen molar-refractivity contribution in [3.05, 3.63) is 30.1 Å². The van der Waals surface area contributed by atoms with Crippen LogP contribution < -0.4 is 0 Å². The van der Waals surface area contributed by atoms with Crippen LogP contribution in [0.25, 0.3) is 11.0 Å². The van der Waals surface area contributed by atoms with E-state index in [9.17, 15) is 0 Å². The summed E-state index contributed by atoms with van der Waals surface area (Å²) in [4.78, 5) is 4.69. The van der Waals surface area contributed by atoms with Crippen molar-refractivity contribution in [1.29, 1.82) is 0 Å². The van der Waals surface area contributed by atoms with Gasteiger partial charge in [-0.05, 0) is 43.2 Å². The summed E-state index contributed by atoms with van der Waals surface area (Å²) in [7, 11) is 0. The van der Waals surface area contributed by atoms with Crippen LogP contribution in [0.3, 0.4) is 0 Å². The molecule has 1 aromatic carbocycles. The molecule has 0 saturated heterocycles. The number of alkyl halides is 1. The maximum atomic E-state index is 6.10. The molecule has 2 aliphatic carbocycles. The molecule has 3 atom stereocenters. The van der Waals surface area contributed by atoms with Gasteiger partial charge in [0.05, 0.1) is 16.9 Å². The molecule has 0 spiro atoms. The van der Waals surface area contributed by atoms with E-state index in [1.165, 1.54) is 31.2 Å². The number of nitrogens with zero attached hydrogens (tertiary/aromatic N) is 2. The lowest BCUT2D eigenvalue weighted by molar-refractivity contribution is 0.331. The van der Waals surface area contributed by atoms with Crippen LogP contribution in [0.5, 0.6) is 0 Å². The quantitative estimate of drug-likeness (QED) is 0.742. The molecule has 3 heteroatoms. The van der Waals surface area contributed by atoms with Crippen molar-refractivity contribution in [1.82, 2.24) is 9.55 Å². The molecule has 3 unspecified atom stereocenters. The van der Waals surface area contributed by atoms with Crippen LogP contribution in [0, 0.1) is 11.8 Å². The first-order chi connectivity index (χ1) is 8.86. The van der Waals surface area contributed by atoms with Gasteiger partial charge in [-0.25, -0.2) is 4.98 Å². The third-order valence-electron chi connectivity index (χ3n) is 4.82. The van der Waals surface area contributed by atoms with Gasteiger partial charge in [0.1, 0.15) is 5.82 Å². The van der Waals surface area contributed by atoms with Gasteiger partial charge in [0.15, 0.2) is 0 Å². The van der Waals surface area contributed by atoms with Crippen molar-refractivity contribution in [2.45, 2.75) is 37.6 Å². The molecule has 2 fully saturated rings. The fourth-order valence-corrected chi connectivity index (χ4v) is 4.27. The van der Waals surface area contributed by atoms with E-state index in [0.29, 0.717) is 11.9 Å². The summed E-state index contributed by atoms with van der Waals surface area (Å²) < 4.78 is 2.44. The molecule has 1 aromatic heterocycles. The monoisotopic (exact) mass is 260 g/mol. The number of para-hydroxylation sites is 2. The minimum atomic E-state index is 0.516. The number of benzene rings is 1. The predicted molar refractivity (Wildman–Crippen MR) is 73.8 cm³/mol. The topological polar surface area (TPSA) is 17.8 Å². The Morgan fingerprint density at radius 3 is 2.83 bits per heavy atom. The van der Waals surface area contributed by atoms with E-state index in [0.717, 1.165) is 23.2 Å². The molecular formula is C15H17ClN2. The van der Waals surface area contributed by atoms with E-state index in [4.69, 9.17) is 16.6 Å². The Labute approximate surface area is 112 Å². The highest BCUT2D eigenvalue weighted by Gasteiger charge is 2.41. The fraction of sp³-hybridized carbons (Fsp3) is 0.533. The van der Waals surface area contributed by atoms with Gasteiger partial charge in [0, 0.05) is 6.04 Å². The van der Waals surface area contributed by atoms with E-state index >= 15 is 0 Å². The normalized spacial score (nSPS) is 30.4. The number of hydrogen-bond acceptors (Lipinski definition) is 1. The van der Waals surface area contributed by atoms with E-state index in [2.05, 4.69) is 28.8 Å². The third kappa shape index (κ3) is 1.45. The van der Waals surface area contributed by atoms with Crippen LogP contribution in [0.1, 0.15) is 37.5 Å². The maximum Gasteiger partial charge on any atom is 0.125 e. The molecule has 4 rings (SSSR count). The van der Waals surface area contributed by atoms with Crippen LogP contribution in [-0.2, 0) is 5.88 Å². The molecule has 0 radical (unpaired) electrons. The lowest BCUT2D eigenvalue weighted by atomic mass is 9.95. The van der Waals surface area contributed by atoms with E-state index in [1.807, 2.05) is 0 Å². The average molecular weight is 261 g/mol. The van der Waals surface area contributed by atoms with Crippen molar-refractivity contribution < 1.29 is 0 Å². The Morgan fingerprint density at radius 2 is 2.11 bits per heavy atom. The van der Waals surface area contributed by atoms with Crippen LogP contribution >= 0.6 is 11.6 Å². The number of fused-ring (bicyclic) bond motifs is 3. The molecule has 18 heavy (non-hydrogen) atoms. The number of rotatable bonds is 2. The molecule has 2 aromatic rings. The Bertz CT molecular complexity index is 589. The Kier molecular flexibility index (Phi) is 2.41. The van der Waals surface area contributed by atoms with Crippen molar-refractivity contribution in [2.24, 2.45) is 11.8 Å². The van der Waals surface area contributed by atoms with E-state index in [1.54, 1.807) is 0 Å². The van der Waals surface area contributed by atoms with Gasteiger partial charge in [-0.3, -0.25) is 0 Å². The van der Waals surface area contributed by atoms with Crippen LogP contribution in [0.2, 0.25) is 0 Å². The van der Waals surface area contributed by atoms with Gasteiger partial charge in [0.25, 0.3) is 0 Å². The zero-order chi connectivity index (χ0) is 12.1. The fourth-order valence-electron chi connectivity index (χ4n) is 4.09. The van der Waals surface area contributed by atoms with Crippen molar-refractivity contribution in [3.8, 4) is 0 Å². The molecule has 2 nitrogen and oxygen atoms in total. The summed E-state index contributed by atoms with van der Waals surface area (Å²) in [6, 6.07) is 9.08. The first kappa shape index (κ1) is 10.9. The second-order valence-corrected chi connectivity index (χ2v) is 6.03. The SMILES string of the molecule is ClCc1nc2ccccc2n1C1CC2CCC1C2.